The molecule has 0 aliphatic rings. The Bertz CT molecular complexity index is 499. The summed E-state index contributed by atoms with van der Waals surface area (Å²) in [5.41, 5.74) is 1.53. The number of nitrogens with zero attached hydrogens (tertiary/aromatic N) is 3. The lowest BCUT2D eigenvalue weighted by Gasteiger charge is -2.12. The molecule has 0 aliphatic heterocycles. The summed E-state index contributed by atoms with van der Waals surface area (Å²) < 4.78 is 13.3. The van der Waals surface area contributed by atoms with Crippen molar-refractivity contribution in [3.8, 4) is 11.4 Å². The van der Waals surface area contributed by atoms with Gasteiger partial charge in [0.2, 0.25) is 0 Å². The molecule has 3 nitrogen and oxygen atoms in total. The largest absolute Gasteiger partial charge is 0.257 e. The zero-order chi connectivity index (χ0) is 12.3. The maximum absolute atomic E-state index is 13.3. The molecule has 4 heteroatoms. The molecular weight excluding hydrogens is 217 g/mol. The van der Waals surface area contributed by atoms with E-state index in [9.17, 15) is 4.39 Å². The van der Waals surface area contributed by atoms with Gasteiger partial charge in [-0.1, -0.05) is 13.8 Å². The van der Waals surface area contributed by atoms with Crippen molar-refractivity contribution < 1.29 is 4.39 Å². The Morgan fingerprint density at radius 2 is 1.94 bits per heavy atom. The minimum Gasteiger partial charge on any atom is -0.257 e. The summed E-state index contributed by atoms with van der Waals surface area (Å²) in [6.45, 7) is 4.14. The summed E-state index contributed by atoms with van der Waals surface area (Å²) in [5, 5.41) is 0. The second kappa shape index (κ2) is 4.99. The van der Waals surface area contributed by atoms with Gasteiger partial charge in [0.25, 0.3) is 0 Å². The number of hydrogen-bond acceptors (Lipinski definition) is 3. The van der Waals surface area contributed by atoms with Crippen LogP contribution in [-0.4, -0.2) is 15.0 Å². The molecule has 0 aliphatic carbocycles. The Hall–Kier alpha value is -1.84. The van der Waals surface area contributed by atoms with E-state index in [0.717, 1.165) is 12.1 Å². The highest BCUT2D eigenvalue weighted by molar-refractivity contribution is 5.58. The third kappa shape index (κ3) is 2.46. The van der Waals surface area contributed by atoms with Crippen LogP contribution in [0.1, 0.15) is 31.9 Å². The van der Waals surface area contributed by atoms with E-state index in [1.807, 2.05) is 0 Å². The van der Waals surface area contributed by atoms with Crippen LogP contribution in [0.4, 0.5) is 4.39 Å². The third-order valence-electron chi connectivity index (χ3n) is 2.77. The van der Waals surface area contributed by atoms with E-state index in [1.54, 1.807) is 18.5 Å². The van der Waals surface area contributed by atoms with Crippen LogP contribution in [0.2, 0.25) is 0 Å². The molecule has 0 fully saturated rings. The van der Waals surface area contributed by atoms with Gasteiger partial charge in [0, 0.05) is 18.0 Å². The molecule has 0 saturated heterocycles. The van der Waals surface area contributed by atoms with Gasteiger partial charge in [0.1, 0.15) is 5.82 Å². The molecule has 0 bridgehead atoms. The lowest BCUT2D eigenvalue weighted by Crippen LogP contribution is -2.02. The maximum atomic E-state index is 13.3. The highest BCUT2D eigenvalue weighted by Gasteiger charge is 2.14. The number of pyridine rings is 1. The van der Waals surface area contributed by atoms with Crippen molar-refractivity contribution in [1.29, 1.82) is 0 Å². The van der Waals surface area contributed by atoms with Crippen LogP contribution in [0.3, 0.4) is 0 Å². The third-order valence-corrected chi connectivity index (χ3v) is 2.77. The Labute approximate surface area is 99.8 Å². The normalized spacial score (nSPS) is 12.4. The van der Waals surface area contributed by atoms with Crippen molar-refractivity contribution in [2.75, 3.05) is 0 Å². The summed E-state index contributed by atoms with van der Waals surface area (Å²) in [6, 6.07) is 3.18. The van der Waals surface area contributed by atoms with Crippen molar-refractivity contribution in [2.24, 2.45) is 0 Å². The van der Waals surface area contributed by atoms with Gasteiger partial charge in [-0.05, 0) is 24.5 Å². The number of halogens is 1. The van der Waals surface area contributed by atoms with Crippen LogP contribution >= 0.6 is 0 Å². The predicted octanol–water partition coefficient (Wildman–Crippen LogP) is 3.19. The van der Waals surface area contributed by atoms with Gasteiger partial charge in [-0.2, -0.15) is 0 Å². The predicted molar refractivity (Wildman–Crippen MR) is 63.9 cm³/mol. The SMILES string of the molecule is CCC(C)c1ncc(F)cc1-c1ncccn1. The molecule has 2 aromatic heterocycles. The fourth-order valence-corrected chi connectivity index (χ4v) is 1.65. The number of aromatic nitrogens is 3. The molecule has 88 valence electrons. The first-order valence-corrected chi connectivity index (χ1v) is 5.65. The first-order chi connectivity index (χ1) is 8.22. The van der Waals surface area contributed by atoms with E-state index in [-0.39, 0.29) is 11.7 Å². The average molecular weight is 231 g/mol. The standard InChI is InChI=1S/C13H14FN3/c1-3-9(2)12-11(7-10(14)8-17-12)13-15-5-4-6-16-13/h4-9H,3H2,1-2H3. The Morgan fingerprint density at radius 3 is 2.59 bits per heavy atom. The summed E-state index contributed by atoms with van der Waals surface area (Å²) in [7, 11) is 0. The van der Waals surface area contributed by atoms with E-state index in [4.69, 9.17) is 0 Å². The minimum atomic E-state index is -0.362. The average Bonchev–Trinajstić information content (AvgIpc) is 2.39. The van der Waals surface area contributed by atoms with Gasteiger partial charge in [-0.3, -0.25) is 4.98 Å². The van der Waals surface area contributed by atoms with Crippen molar-refractivity contribution >= 4 is 0 Å². The van der Waals surface area contributed by atoms with Gasteiger partial charge in [0.15, 0.2) is 5.82 Å². The minimum absolute atomic E-state index is 0.259. The van der Waals surface area contributed by atoms with E-state index in [2.05, 4.69) is 28.8 Å². The molecule has 1 unspecified atom stereocenters. The molecule has 2 heterocycles. The summed E-state index contributed by atoms with van der Waals surface area (Å²) in [4.78, 5) is 12.5. The lowest BCUT2D eigenvalue weighted by atomic mass is 9.99. The molecular formula is C13H14FN3. The smallest absolute Gasteiger partial charge is 0.161 e. The highest BCUT2D eigenvalue weighted by atomic mass is 19.1. The zero-order valence-corrected chi connectivity index (χ0v) is 9.89. The van der Waals surface area contributed by atoms with Crippen molar-refractivity contribution in [2.45, 2.75) is 26.2 Å². The molecule has 1 atom stereocenters. The van der Waals surface area contributed by atoms with Gasteiger partial charge in [-0.15, -0.1) is 0 Å². The van der Waals surface area contributed by atoms with Crippen molar-refractivity contribution in [3.63, 3.8) is 0 Å². The Kier molecular flexibility index (Phi) is 3.42. The van der Waals surface area contributed by atoms with Crippen molar-refractivity contribution in [1.82, 2.24) is 15.0 Å². The quantitative estimate of drug-likeness (QED) is 0.814. The lowest BCUT2D eigenvalue weighted by molar-refractivity contribution is 0.614. The molecule has 0 aromatic carbocycles. The topological polar surface area (TPSA) is 38.7 Å². The van der Waals surface area contributed by atoms with Crippen LogP contribution in [-0.2, 0) is 0 Å². The van der Waals surface area contributed by atoms with Crippen LogP contribution in [0.5, 0.6) is 0 Å². The van der Waals surface area contributed by atoms with Crippen LogP contribution in [0.25, 0.3) is 11.4 Å². The fraction of sp³-hybridized carbons (Fsp3) is 0.308. The van der Waals surface area contributed by atoms with Crippen LogP contribution in [0.15, 0.2) is 30.7 Å². The Balaban J connectivity index is 2.55. The molecule has 17 heavy (non-hydrogen) atoms. The van der Waals surface area contributed by atoms with Crippen LogP contribution < -0.4 is 0 Å². The first-order valence-electron chi connectivity index (χ1n) is 5.65. The molecule has 0 N–H and O–H groups in total. The van der Waals surface area contributed by atoms with Gasteiger partial charge in [0.05, 0.1) is 11.9 Å². The van der Waals surface area contributed by atoms with Crippen molar-refractivity contribution in [3.05, 3.63) is 42.2 Å². The summed E-state index contributed by atoms with van der Waals surface area (Å²) in [5.74, 6) is 0.420. The molecule has 0 amide bonds. The molecule has 0 saturated carbocycles. The maximum Gasteiger partial charge on any atom is 0.161 e. The van der Waals surface area contributed by atoms with E-state index in [0.29, 0.717) is 11.4 Å². The van der Waals surface area contributed by atoms with E-state index < -0.39 is 0 Å². The highest BCUT2D eigenvalue weighted by Crippen LogP contribution is 2.27. The zero-order valence-electron chi connectivity index (χ0n) is 9.89. The van der Waals surface area contributed by atoms with Gasteiger partial charge < -0.3 is 0 Å². The molecule has 2 rings (SSSR count). The second-order valence-electron chi connectivity index (χ2n) is 3.97. The van der Waals surface area contributed by atoms with Gasteiger partial charge in [-0.25, -0.2) is 14.4 Å². The monoisotopic (exact) mass is 231 g/mol. The van der Waals surface area contributed by atoms with Gasteiger partial charge >= 0.3 is 0 Å². The van der Waals surface area contributed by atoms with E-state index in [1.165, 1.54) is 12.3 Å². The van der Waals surface area contributed by atoms with E-state index >= 15 is 0 Å². The number of rotatable bonds is 3. The first kappa shape index (κ1) is 11.6. The molecule has 0 spiro atoms. The Morgan fingerprint density at radius 1 is 1.24 bits per heavy atom. The van der Waals surface area contributed by atoms with Crippen LogP contribution in [0, 0.1) is 5.82 Å². The summed E-state index contributed by atoms with van der Waals surface area (Å²) >= 11 is 0. The number of hydrogen-bond donors (Lipinski definition) is 0. The summed E-state index contributed by atoms with van der Waals surface area (Å²) in [6.07, 6.45) is 5.48. The second-order valence-corrected chi connectivity index (χ2v) is 3.97. The molecule has 0 radical (unpaired) electrons. The fourth-order valence-electron chi connectivity index (χ4n) is 1.65. The molecule has 2 aromatic rings.